The lowest BCUT2D eigenvalue weighted by Gasteiger charge is -2.18. The molecule has 1 saturated heterocycles. The predicted molar refractivity (Wildman–Crippen MR) is 122 cm³/mol. The Kier molecular flexibility index (Phi) is 11.2. The fourth-order valence-electron chi connectivity index (χ4n) is 2.77. The predicted octanol–water partition coefficient (Wildman–Crippen LogP) is 3.56. The van der Waals surface area contributed by atoms with E-state index in [1.54, 1.807) is 25.2 Å². The van der Waals surface area contributed by atoms with Gasteiger partial charge in [0.2, 0.25) is 5.91 Å². The van der Waals surface area contributed by atoms with Crippen LogP contribution >= 0.6 is 47.2 Å². The normalized spacial score (nSPS) is 16.7. The molecule has 0 spiro atoms. The molecule has 2 N–H and O–H groups in total. The fourth-order valence-corrected chi connectivity index (χ4v) is 3.23. The van der Waals surface area contributed by atoms with Crippen LogP contribution in [-0.4, -0.2) is 56.1 Å². The molecule has 1 aromatic rings. The molecule has 1 aliphatic heterocycles. The molecule has 1 unspecified atom stereocenters. The first-order valence-corrected chi connectivity index (χ1v) is 9.62. The minimum atomic E-state index is 0. The third kappa shape index (κ3) is 7.91. The van der Waals surface area contributed by atoms with Crippen LogP contribution < -0.4 is 15.4 Å². The monoisotopic (exact) mass is 528 g/mol. The summed E-state index contributed by atoms with van der Waals surface area (Å²) in [4.78, 5) is 17.9. The second-order valence-corrected chi connectivity index (χ2v) is 6.94. The molecular formula is C18H27Cl2IN4O2. The number of nitrogens with zero attached hydrogens (tertiary/aromatic N) is 2. The van der Waals surface area contributed by atoms with Gasteiger partial charge in [0.1, 0.15) is 5.75 Å². The third-order valence-corrected chi connectivity index (χ3v) is 4.70. The lowest BCUT2D eigenvalue weighted by atomic mass is 10.3. The summed E-state index contributed by atoms with van der Waals surface area (Å²) in [5, 5.41) is 7.73. The number of hydrogen-bond donors (Lipinski definition) is 2. The van der Waals surface area contributed by atoms with Crippen molar-refractivity contribution < 1.29 is 9.53 Å². The van der Waals surface area contributed by atoms with Crippen molar-refractivity contribution in [2.45, 2.75) is 32.2 Å². The van der Waals surface area contributed by atoms with E-state index >= 15 is 0 Å². The molecule has 0 bridgehead atoms. The summed E-state index contributed by atoms with van der Waals surface area (Å²) in [7, 11) is 1.74. The van der Waals surface area contributed by atoms with E-state index in [0.29, 0.717) is 28.8 Å². The van der Waals surface area contributed by atoms with Crippen molar-refractivity contribution in [3.8, 4) is 5.75 Å². The maximum atomic E-state index is 11.7. The highest BCUT2D eigenvalue weighted by molar-refractivity contribution is 14.0. The number of halogens is 3. The van der Waals surface area contributed by atoms with E-state index < -0.39 is 0 Å². The number of carbonyl (C=O) groups is 1. The number of guanidine groups is 1. The van der Waals surface area contributed by atoms with Gasteiger partial charge in [-0.2, -0.15) is 0 Å². The molecule has 0 aromatic heterocycles. The quantitative estimate of drug-likeness (QED) is 0.246. The van der Waals surface area contributed by atoms with Crippen LogP contribution in [0.25, 0.3) is 0 Å². The van der Waals surface area contributed by atoms with E-state index in [9.17, 15) is 4.79 Å². The van der Waals surface area contributed by atoms with Crippen LogP contribution in [0.3, 0.4) is 0 Å². The lowest BCUT2D eigenvalue weighted by Crippen LogP contribution is -2.45. The fraction of sp³-hybridized carbons (Fsp3) is 0.556. The maximum absolute atomic E-state index is 11.7. The van der Waals surface area contributed by atoms with Crippen LogP contribution in [-0.2, 0) is 4.79 Å². The van der Waals surface area contributed by atoms with Crippen molar-refractivity contribution in [2.24, 2.45) is 4.99 Å². The Morgan fingerprint density at radius 2 is 2.19 bits per heavy atom. The number of carbonyl (C=O) groups excluding carboxylic acids is 1. The maximum Gasteiger partial charge on any atom is 0.222 e. The molecular weight excluding hydrogens is 502 g/mol. The van der Waals surface area contributed by atoms with Gasteiger partial charge >= 0.3 is 0 Å². The first-order valence-electron chi connectivity index (χ1n) is 8.86. The summed E-state index contributed by atoms with van der Waals surface area (Å²) in [6, 6.07) is 5.42. The summed E-state index contributed by atoms with van der Waals surface area (Å²) >= 11 is 11.9. The van der Waals surface area contributed by atoms with Gasteiger partial charge in [-0.1, -0.05) is 30.1 Å². The van der Waals surface area contributed by atoms with E-state index in [1.165, 1.54) is 0 Å². The second kappa shape index (κ2) is 12.5. The molecule has 2 rings (SSSR count). The molecule has 27 heavy (non-hydrogen) atoms. The summed E-state index contributed by atoms with van der Waals surface area (Å²) in [5.74, 6) is 1.57. The molecule has 6 nitrogen and oxygen atoms in total. The Hall–Kier alpha value is -0.930. The summed E-state index contributed by atoms with van der Waals surface area (Å²) in [5.41, 5.74) is 0. The van der Waals surface area contributed by atoms with Gasteiger partial charge < -0.3 is 20.3 Å². The van der Waals surface area contributed by atoms with Crippen molar-refractivity contribution in [3.63, 3.8) is 0 Å². The third-order valence-electron chi connectivity index (χ3n) is 4.17. The largest absolute Gasteiger partial charge is 0.492 e. The highest BCUT2D eigenvalue weighted by Crippen LogP contribution is 2.27. The number of benzene rings is 1. The second-order valence-electron chi connectivity index (χ2n) is 6.10. The number of hydrogen-bond acceptors (Lipinski definition) is 3. The Balaban J connectivity index is 0.00000364. The van der Waals surface area contributed by atoms with Gasteiger partial charge in [0.25, 0.3) is 0 Å². The standard InChI is InChI=1S/C18H26Cl2N4O2.HI/c1-3-17(25)24-9-7-14(12-24)23-18(21-2)22-8-4-10-26-16-6-5-13(19)11-15(16)20;/h5-6,11,14H,3-4,7-10,12H2,1-2H3,(H2,21,22,23);1H. The van der Waals surface area contributed by atoms with Gasteiger partial charge in [-0.05, 0) is 31.0 Å². The molecule has 0 saturated carbocycles. The number of rotatable bonds is 7. The summed E-state index contributed by atoms with van der Waals surface area (Å²) in [6.45, 7) is 4.67. The van der Waals surface area contributed by atoms with Crippen molar-refractivity contribution in [3.05, 3.63) is 28.2 Å². The first-order chi connectivity index (χ1) is 12.5. The van der Waals surface area contributed by atoms with E-state index in [4.69, 9.17) is 27.9 Å². The van der Waals surface area contributed by atoms with Crippen LogP contribution in [0.15, 0.2) is 23.2 Å². The average molecular weight is 529 g/mol. The van der Waals surface area contributed by atoms with Crippen LogP contribution in [0.5, 0.6) is 5.75 Å². The Labute approximate surface area is 188 Å². The van der Waals surface area contributed by atoms with Crippen LogP contribution in [0.4, 0.5) is 0 Å². The molecule has 1 heterocycles. The zero-order chi connectivity index (χ0) is 18.9. The lowest BCUT2D eigenvalue weighted by molar-refractivity contribution is -0.129. The number of nitrogens with one attached hydrogen (secondary N) is 2. The molecule has 1 fully saturated rings. The number of amides is 1. The van der Waals surface area contributed by atoms with Crippen molar-refractivity contribution in [2.75, 3.05) is 33.3 Å². The highest BCUT2D eigenvalue weighted by atomic mass is 127. The van der Waals surface area contributed by atoms with Gasteiger partial charge in [-0.25, -0.2) is 0 Å². The topological polar surface area (TPSA) is 66.0 Å². The van der Waals surface area contributed by atoms with Crippen LogP contribution in [0, 0.1) is 0 Å². The van der Waals surface area contributed by atoms with Crippen molar-refractivity contribution >= 4 is 59.0 Å². The molecule has 1 aliphatic rings. The number of likely N-dealkylation sites (tertiary alicyclic amines) is 1. The Bertz CT molecular complexity index is 646. The van der Waals surface area contributed by atoms with Crippen LogP contribution in [0.1, 0.15) is 26.2 Å². The molecule has 1 aromatic carbocycles. The van der Waals surface area contributed by atoms with E-state index in [2.05, 4.69) is 15.6 Å². The Morgan fingerprint density at radius 1 is 1.41 bits per heavy atom. The zero-order valence-electron chi connectivity index (χ0n) is 15.6. The molecule has 1 atom stereocenters. The zero-order valence-corrected chi connectivity index (χ0v) is 19.5. The van der Waals surface area contributed by atoms with E-state index in [0.717, 1.165) is 38.4 Å². The SMILES string of the molecule is CCC(=O)N1CCC(NC(=NC)NCCCOc2ccc(Cl)cc2Cl)C1.I. The number of aliphatic imine (C=N–C) groups is 1. The molecule has 152 valence electrons. The highest BCUT2D eigenvalue weighted by Gasteiger charge is 2.25. The van der Waals surface area contributed by atoms with E-state index in [-0.39, 0.29) is 35.9 Å². The number of ether oxygens (including phenoxy) is 1. The van der Waals surface area contributed by atoms with Gasteiger partial charge in [0, 0.05) is 44.2 Å². The van der Waals surface area contributed by atoms with E-state index in [1.807, 2.05) is 11.8 Å². The summed E-state index contributed by atoms with van der Waals surface area (Å²) < 4.78 is 5.66. The molecule has 0 radical (unpaired) electrons. The van der Waals surface area contributed by atoms with Gasteiger partial charge in [0.05, 0.1) is 11.6 Å². The van der Waals surface area contributed by atoms with Gasteiger partial charge in [0.15, 0.2) is 5.96 Å². The van der Waals surface area contributed by atoms with Gasteiger partial charge in [-0.15, -0.1) is 24.0 Å². The first kappa shape index (κ1) is 24.1. The van der Waals surface area contributed by atoms with Crippen molar-refractivity contribution in [1.29, 1.82) is 0 Å². The average Bonchev–Trinajstić information content (AvgIpc) is 3.09. The Morgan fingerprint density at radius 3 is 2.85 bits per heavy atom. The molecule has 0 aliphatic carbocycles. The van der Waals surface area contributed by atoms with Gasteiger partial charge in [-0.3, -0.25) is 9.79 Å². The molecule has 9 heteroatoms. The smallest absolute Gasteiger partial charge is 0.222 e. The summed E-state index contributed by atoms with van der Waals surface area (Å²) in [6.07, 6.45) is 2.28. The minimum absolute atomic E-state index is 0. The van der Waals surface area contributed by atoms with Crippen molar-refractivity contribution in [1.82, 2.24) is 15.5 Å². The molecule has 1 amide bonds. The minimum Gasteiger partial charge on any atom is -0.492 e. The van der Waals surface area contributed by atoms with Crippen LogP contribution in [0.2, 0.25) is 10.0 Å².